The van der Waals surface area contributed by atoms with Crippen LogP contribution in [0.15, 0.2) is 291 Å². The Bertz CT molecular complexity index is 4390. The molecule has 346 valence electrons. The highest BCUT2D eigenvalue weighted by molar-refractivity contribution is 6.13. The van der Waals surface area contributed by atoms with Gasteiger partial charge < -0.3 is 9.13 Å². The zero-order chi connectivity index (χ0) is 49.0. The van der Waals surface area contributed by atoms with Gasteiger partial charge >= 0.3 is 0 Å². The van der Waals surface area contributed by atoms with E-state index in [1.807, 2.05) is 0 Å². The van der Waals surface area contributed by atoms with Gasteiger partial charge in [-0.05, 0) is 157 Å². The van der Waals surface area contributed by atoms with E-state index in [-0.39, 0.29) is 0 Å². The minimum absolute atomic E-state index is 1.14. The first-order valence-electron chi connectivity index (χ1n) is 25.5. The van der Waals surface area contributed by atoms with Crippen molar-refractivity contribution in [2.45, 2.75) is 0 Å². The smallest absolute Gasteiger partial charge is 0.0541 e. The van der Waals surface area contributed by atoms with Crippen LogP contribution >= 0.6 is 0 Å². The molecule has 14 aromatic rings. The highest BCUT2D eigenvalue weighted by Crippen LogP contribution is 2.40. The number of fused-ring (bicyclic) bond motifs is 6. The lowest BCUT2D eigenvalue weighted by Crippen LogP contribution is -1.94. The second-order valence-electron chi connectivity index (χ2n) is 19.3. The Balaban J connectivity index is 0.734. The number of para-hydroxylation sites is 3. The molecule has 14 rings (SSSR count). The maximum atomic E-state index is 2.42. The van der Waals surface area contributed by atoms with E-state index in [2.05, 4.69) is 300 Å². The number of rotatable bonds is 9. The van der Waals surface area contributed by atoms with Crippen LogP contribution in [0.5, 0.6) is 0 Å². The minimum Gasteiger partial charge on any atom is -0.309 e. The molecular weight excluding hydrogens is 893 g/mol. The summed E-state index contributed by atoms with van der Waals surface area (Å²) in [5.41, 5.74) is 23.9. The number of benzene rings is 12. The van der Waals surface area contributed by atoms with Crippen molar-refractivity contribution in [2.24, 2.45) is 0 Å². The second-order valence-corrected chi connectivity index (χ2v) is 19.3. The molecule has 0 unspecified atom stereocenters. The molecule has 0 aliphatic rings. The summed E-state index contributed by atoms with van der Waals surface area (Å²) in [6.45, 7) is 0. The fourth-order valence-electron chi connectivity index (χ4n) is 11.2. The third-order valence-corrected chi connectivity index (χ3v) is 14.9. The van der Waals surface area contributed by atoms with Crippen LogP contribution in [-0.2, 0) is 0 Å². The van der Waals surface area contributed by atoms with E-state index in [0.717, 1.165) is 5.69 Å². The van der Waals surface area contributed by atoms with Crippen LogP contribution in [0, 0.1) is 0 Å². The molecule has 0 saturated carbocycles. The SMILES string of the molecule is c1ccc(-c2cccc(-c3ccc(-c4cccc(-c5cccc(-c6ccc(-c7cccc(-n8c9ccccc9c9cc(-c%10ccc%11c(c%10)c%10ccccc%10n%11-c%10ccccc%10)ccc98)c7)cc6)c5)c4)cc3)c2)cc1. The molecule has 12 aromatic carbocycles. The first-order chi connectivity index (χ1) is 36.7. The van der Waals surface area contributed by atoms with Crippen LogP contribution in [0.2, 0.25) is 0 Å². The minimum atomic E-state index is 1.14. The van der Waals surface area contributed by atoms with Crippen LogP contribution in [-0.4, -0.2) is 9.13 Å². The molecule has 0 amide bonds. The van der Waals surface area contributed by atoms with Crippen LogP contribution < -0.4 is 0 Å². The Morgan fingerprint density at radius 3 is 0.865 bits per heavy atom. The Morgan fingerprint density at radius 1 is 0.149 bits per heavy atom. The third-order valence-electron chi connectivity index (χ3n) is 14.9. The molecule has 0 saturated heterocycles. The summed E-state index contributed by atoms with van der Waals surface area (Å²) in [5.74, 6) is 0. The highest BCUT2D eigenvalue weighted by Gasteiger charge is 2.17. The van der Waals surface area contributed by atoms with Gasteiger partial charge in [0, 0.05) is 32.9 Å². The Kier molecular flexibility index (Phi) is 10.6. The summed E-state index contributed by atoms with van der Waals surface area (Å²) in [7, 11) is 0. The van der Waals surface area contributed by atoms with Gasteiger partial charge in [-0.1, -0.05) is 212 Å². The fraction of sp³-hybridized carbons (Fsp3) is 0. The molecule has 2 aromatic heterocycles. The monoisotopic (exact) mass is 940 g/mol. The molecule has 2 heteroatoms. The Hall–Kier alpha value is -9.76. The van der Waals surface area contributed by atoms with Crippen molar-refractivity contribution in [3.63, 3.8) is 0 Å². The van der Waals surface area contributed by atoms with Crippen molar-refractivity contribution in [3.05, 3.63) is 291 Å². The molecule has 0 spiro atoms. The number of nitrogens with zero attached hydrogens (tertiary/aromatic N) is 2. The lowest BCUT2D eigenvalue weighted by molar-refractivity contribution is 1.18. The first kappa shape index (κ1) is 43.1. The van der Waals surface area contributed by atoms with E-state index in [4.69, 9.17) is 0 Å². The molecule has 0 bridgehead atoms. The maximum Gasteiger partial charge on any atom is 0.0541 e. The fourth-order valence-corrected chi connectivity index (χ4v) is 11.2. The summed E-state index contributed by atoms with van der Waals surface area (Å²) < 4.78 is 4.80. The van der Waals surface area contributed by atoms with Gasteiger partial charge in [-0.2, -0.15) is 0 Å². The molecule has 74 heavy (non-hydrogen) atoms. The summed E-state index contributed by atoms with van der Waals surface area (Å²) in [6, 6.07) is 106. The van der Waals surface area contributed by atoms with Crippen molar-refractivity contribution in [2.75, 3.05) is 0 Å². The van der Waals surface area contributed by atoms with Crippen LogP contribution in [0.1, 0.15) is 0 Å². The quantitative estimate of drug-likeness (QED) is 0.136. The molecule has 0 N–H and O–H groups in total. The van der Waals surface area contributed by atoms with E-state index >= 15 is 0 Å². The van der Waals surface area contributed by atoms with E-state index in [1.54, 1.807) is 0 Å². The lowest BCUT2D eigenvalue weighted by Gasteiger charge is -2.12. The normalized spacial score (nSPS) is 11.5. The molecule has 0 atom stereocenters. The average Bonchev–Trinajstić information content (AvgIpc) is 4.02. The second kappa shape index (κ2) is 18.1. The number of hydrogen-bond acceptors (Lipinski definition) is 0. The Labute approximate surface area is 431 Å². The highest BCUT2D eigenvalue weighted by atomic mass is 15.0. The van der Waals surface area contributed by atoms with Crippen molar-refractivity contribution in [1.29, 1.82) is 0 Å². The van der Waals surface area contributed by atoms with Gasteiger partial charge in [0.05, 0.1) is 22.1 Å². The van der Waals surface area contributed by atoms with Gasteiger partial charge in [0.2, 0.25) is 0 Å². The largest absolute Gasteiger partial charge is 0.309 e. The summed E-state index contributed by atoms with van der Waals surface area (Å²) >= 11 is 0. The number of aromatic nitrogens is 2. The first-order valence-corrected chi connectivity index (χ1v) is 25.5. The van der Waals surface area contributed by atoms with Crippen LogP contribution in [0.25, 0.3) is 133 Å². The third kappa shape index (κ3) is 7.69. The van der Waals surface area contributed by atoms with Crippen LogP contribution in [0.3, 0.4) is 0 Å². The molecule has 2 nitrogen and oxygen atoms in total. The summed E-state index contributed by atoms with van der Waals surface area (Å²) in [4.78, 5) is 0. The molecule has 0 aliphatic heterocycles. The van der Waals surface area contributed by atoms with Gasteiger partial charge in [-0.25, -0.2) is 0 Å². The van der Waals surface area contributed by atoms with Crippen LogP contribution in [0.4, 0.5) is 0 Å². The summed E-state index contributed by atoms with van der Waals surface area (Å²) in [6.07, 6.45) is 0. The van der Waals surface area contributed by atoms with Crippen molar-refractivity contribution < 1.29 is 0 Å². The van der Waals surface area contributed by atoms with E-state index < -0.39 is 0 Å². The average molecular weight is 941 g/mol. The van der Waals surface area contributed by atoms with Gasteiger partial charge in [-0.15, -0.1) is 0 Å². The number of hydrogen-bond donors (Lipinski definition) is 0. The standard InChI is InChI=1S/C72H48N2/c1-3-15-49(16-4-1)54-17-11-18-55(43-54)50-31-33-51(34-32-50)56-19-12-21-58(44-56)59-22-13-20-57(45-59)52-35-37-53(38-36-52)60-23-14-26-64(46-60)74-70-30-10-8-28-66(70)68-48-62(40-42-72(68)74)61-39-41-71-67(47-61)65-27-7-9-29-69(65)73(71)63-24-5-2-6-25-63/h1-48H. The van der Waals surface area contributed by atoms with Crippen molar-refractivity contribution in [3.8, 4) is 89.3 Å². The lowest BCUT2D eigenvalue weighted by atomic mass is 9.94. The van der Waals surface area contributed by atoms with Gasteiger partial charge in [0.25, 0.3) is 0 Å². The Morgan fingerprint density at radius 2 is 0.419 bits per heavy atom. The summed E-state index contributed by atoms with van der Waals surface area (Å²) in [5, 5.41) is 4.99. The topological polar surface area (TPSA) is 9.86 Å². The molecule has 0 fully saturated rings. The van der Waals surface area contributed by atoms with Gasteiger partial charge in [0.1, 0.15) is 0 Å². The van der Waals surface area contributed by atoms with E-state index in [0.29, 0.717) is 0 Å². The molecular formula is C72H48N2. The van der Waals surface area contributed by atoms with Crippen molar-refractivity contribution >= 4 is 43.6 Å². The predicted molar refractivity (Wildman–Crippen MR) is 313 cm³/mol. The predicted octanol–water partition coefficient (Wildman–Crippen LogP) is 19.5. The van der Waals surface area contributed by atoms with E-state index in [1.165, 1.54) is 127 Å². The molecule has 2 heterocycles. The maximum absolute atomic E-state index is 2.42. The van der Waals surface area contributed by atoms with Gasteiger partial charge in [-0.3, -0.25) is 0 Å². The zero-order valence-electron chi connectivity index (χ0n) is 40.6. The van der Waals surface area contributed by atoms with Gasteiger partial charge in [0.15, 0.2) is 0 Å². The molecule has 0 aliphatic carbocycles. The molecule has 0 radical (unpaired) electrons. The van der Waals surface area contributed by atoms with Crippen molar-refractivity contribution in [1.82, 2.24) is 9.13 Å². The van der Waals surface area contributed by atoms with E-state index in [9.17, 15) is 0 Å². The zero-order valence-corrected chi connectivity index (χ0v) is 40.6.